The van der Waals surface area contributed by atoms with Crippen LogP contribution < -0.4 is 10.6 Å². The minimum atomic E-state index is -0.308. The predicted molar refractivity (Wildman–Crippen MR) is 166 cm³/mol. The summed E-state index contributed by atoms with van der Waals surface area (Å²) in [5, 5.41) is 3.14. The van der Waals surface area contributed by atoms with E-state index in [-0.39, 0.29) is 47.8 Å². The Bertz CT molecular complexity index is 730. The summed E-state index contributed by atoms with van der Waals surface area (Å²) in [6.45, 7) is 7.34. The maximum absolute atomic E-state index is 2.46. The third-order valence-corrected chi connectivity index (χ3v) is 14.3. The van der Waals surface area contributed by atoms with Gasteiger partial charge in [0.05, 0.1) is 0 Å². The maximum Gasteiger partial charge on any atom is 2.00 e. The average Bonchev–Trinajstić information content (AvgIpc) is 3.56. The van der Waals surface area contributed by atoms with Crippen molar-refractivity contribution in [3.8, 4) is 0 Å². The van der Waals surface area contributed by atoms with E-state index in [9.17, 15) is 0 Å². The molecule has 0 N–H and O–H groups in total. The molecule has 204 valence electrons. The molecule has 4 rings (SSSR count). The van der Waals surface area contributed by atoms with Gasteiger partial charge in [0.15, 0.2) is 0 Å². The minimum absolute atomic E-state index is 0. The molecule has 2 aromatic rings. The van der Waals surface area contributed by atoms with E-state index in [4.69, 9.17) is 0 Å². The van der Waals surface area contributed by atoms with E-state index >= 15 is 0 Å². The van der Waals surface area contributed by atoms with Crippen molar-refractivity contribution in [3.05, 3.63) is 75.5 Å². The smallest absolute Gasteiger partial charge is 0.358 e. The van der Waals surface area contributed by atoms with Gasteiger partial charge in [0.1, 0.15) is 0 Å². The summed E-state index contributed by atoms with van der Waals surface area (Å²) in [6.07, 6.45) is 13.0. The number of hydrogen-bond acceptors (Lipinski definition) is 1. The molecular formula is C32H53FeNP2. The van der Waals surface area contributed by atoms with Gasteiger partial charge in [-0.2, -0.15) is 0 Å². The Hall–Kier alpha value is -0.221. The Morgan fingerprint density at radius 2 is 1.17 bits per heavy atom. The molecule has 3 unspecified atom stereocenters. The van der Waals surface area contributed by atoms with Crippen molar-refractivity contribution in [1.82, 2.24) is 4.90 Å². The van der Waals surface area contributed by atoms with E-state index in [1.165, 1.54) is 57.3 Å². The molecular weight excluding hydrogens is 516 g/mol. The maximum atomic E-state index is 2.46. The molecule has 0 heterocycles. The first-order chi connectivity index (χ1) is 16.1. The van der Waals surface area contributed by atoms with Crippen molar-refractivity contribution in [1.29, 1.82) is 0 Å². The molecule has 2 aliphatic rings. The minimum Gasteiger partial charge on any atom is -0.358 e. The molecule has 0 aliphatic heterocycles. The van der Waals surface area contributed by atoms with E-state index in [0.717, 1.165) is 17.2 Å². The predicted octanol–water partition coefficient (Wildman–Crippen LogP) is 8.59. The standard InChI is InChI=1S/C25H37NP2.C5H10.2CH3.Fe/c1-6-27(7-2)25-23(20(3)26(4)5)18-19-24(25)28(21-14-10-8-11-15-21)22-16-12-9-13-17-22;1-2-4-5-3-1;;;/h8-17,20,23-25H,6-7,18-19H2,1-5H3;1-5H2;2*1H3;/q;;2*-1;+2/t20-,23?,24?,25?;;;;/m1..../s1. The van der Waals surface area contributed by atoms with Gasteiger partial charge in [-0.15, -0.1) is 7.92 Å². The summed E-state index contributed by atoms with van der Waals surface area (Å²) in [6, 6.07) is 23.5. The van der Waals surface area contributed by atoms with E-state index < -0.39 is 0 Å². The zero-order chi connectivity index (χ0) is 23.6. The molecule has 2 aliphatic carbocycles. The van der Waals surface area contributed by atoms with E-state index in [0.29, 0.717) is 6.04 Å². The van der Waals surface area contributed by atoms with Crippen LogP contribution in [0.15, 0.2) is 60.7 Å². The molecule has 0 radical (unpaired) electrons. The second-order valence-corrected chi connectivity index (χ2v) is 15.5. The van der Waals surface area contributed by atoms with Crippen LogP contribution in [0.25, 0.3) is 0 Å². The van der Waals surface area contributed by atoms with Gasteiger partial charge in [-0.1, -0.05) is 107 Å². The first kappa shape index (κ1) is 35.8. The fourth-order valence-electron chi connectivity index (χ4n) is 5.93. The summed E-state index contributed by atoms with van der Waals surface area (Å²) < 4.78 is 0. The van der Waals surface area contributed by atoms with Crippen LogP contribution in [0, 0.1) is 20.8 Å². The Labute approximate surface area is 238 Å². The van der Waals surface area contributed by atoms with Gasteiger partial charge in [-0.05, 0) is 82.0 Å². The van der Waals surface area contributed by atoms with Crippen molar-refractivity contribution >= 4 is 26.5 Å². The molecule has 0 bridgehead atoms. The summed E-state index contributed by atoms with van der Waals surface area (Å²) in [5.74, 6) is 0.837. The first-order valence-corrected chi connectivity index (χ1v) is 16.6. The number of nitrogens with zero attached hydrogens (tertiary/aromatic N) is 1. The van der Waals surface area contributed by atoms with Gasteiger partial charge in [-0.25, -0.2) is 0 Å². The van der Waals surface area contributed by atoms with Crippen molar-refractivity contribution < 1.29 is 17.1 Å². The molecule has 0 spiro atoms. The molecule has 0 aromatic heterocycles. The van der Waals surface area contributed by atoms with Crippen molar-refractivity contribution in [3.63, 3.8) is 0 Å². The molecule has 2 aromatic carbocycles. The van der Waals surface area contributed by atoms with E-state index in [2.05, 4.69) is 100 Å². The summed E-state index contributed by atoms with van der Waals surface area (Å²) in [5.41, 5.74) is 1.70. The Kier molecular flexibility index (Phi) is 18.8. The van der Waals surface area contributed by atoms with Gasteiger partial charge in [-0.3, -0.25) is 0 Å². The molecule has 0 saturated heterocycles. The van der Waals surface area contributed by atoms with Crippen LogP contribution >= 0.6 is 15.8 Å². The first-order valence-electron chi connectivity index (χ1n) is 13.4. The van der Waals surface area contributed by atoms with Crippen molar-refractivity contribution in [2.24, 2.45) is 5.92 Å². The zero-order valence-corrected chi connectivity index (χ0v) is 27.0. The van der Waals surface area contributed by atoms with Crippen LogP contribution in [0.1, 0.15) is 65.7 Å². The Morgan fingerprint density at radius 3 is 1.53 bits per heavy atom. The Morgan fingerprint density at radius 1 is 0.750 bits per heavy atom. The molecule has 4 atom stereocenters. The molecule has 0 amide bonds. The van der Waals surface area contributed by atoms with Gasteiger partial charge in [0, 0.05) is 6.04 Å². The fraction of sp³-hybridized carbons (Fsp3) is 0.562. The van der Waals surface area contributed by atoms with Crippen molar-refractivity contribution in [2.75, 3.05) is 26.4 Å². The van der Waals surface area contributed by atoms with Crippen LogP contribution in [0.5, 0.6) is 0 Å². The third-order valence-electron chi connectivity index (χ3n) is 7.95. The van der Waals surface area contributed by atoms with Gasteiger partial charge in [0.25, 0.3) is 0 Å². The van der Waals surface area contributed by atoms with Crippen LogP contribution in [0.2, 0.25) is 0 Å². The Balaban J connectivity index is 0.00000137. The summed E-state index contributed by atoms with van der Waals surface area (Å²) >= 11 is 0. The molecule has 4 heteroatoms. The second-order valence-electron chi connectivity index (χ2n) is 10.0. The fourth-order valence-corrected chi connectivity index (χ4v) is 12.8. The largest absolute Gasteiger partial charge is 2.00 e. The average molecular weight is 570 g/mol. The summed E-state index contributed by atoms with van der Waals surface area (Å²) in [7, 11) is 4.32. The summed E-state index contributed by atoms with van der Waals surface area (Å²) in [4.78, 5) is 2.46. The van der Waals surface area contributed by atoms with Crippen LogP contribution in [0.3, 0.4) is 0 Å². The monoisotopic (exact) mass is 569 g/mol. The van der Waals surface area contributed by atoms with Crippen molar-refractivity contribution in [2.45, 2.75) is 83.1 Å². The zero-order valence-electron chi connectivity index (χ0n) is 24.1. The third kappa shape index (κ3) is 9.51. The molecule has 2 saturated carbocycles. The SMILES string of the molecule is C1CCCC1.CCP(CC)C1C([C@@H](C)N(C)C)CCC1P(c1ccccc1)c1ccccc1.[CH3-].[CH3-].[Fe+2]. The van der Waals surface area contributed by atoms with Gasteiger partial charge >= 0.3 is 17.1 Å². The quantitative estimate of drug-likeness (QED) is 0.175. The van der Waals surface area contributed by atoms with E-state index in [1.807, 2.05) is 0 Å². The number of hydrogen-bond donors (Lipinski definition) is 0. The second kappa shape index (κ2) is 18.9. The number of benzene rings is 2. The molecule has 2 fully saturated rings. The number of rotatable bonds is 8. The van der Waals surface area contributed by atoms with Gasteiger partial charge in [0.2, 0.25) is 0 Å². The molecule has 1 nitrogen and oxygen atoms in total. The molecule has 36 heavy (non-hydrogen) atoms. The van der Waals surface area contributed by atoms with Crippen LogP contribution in [-0.4, -0.2) is 48.7 Å². The van der Waals surface area contributed by atoms with Gasteiger partial charge < -0.3 is 19.8 Å². The normalized spacial score (nSPS) is 21.7. The topological polar surface area (TPSA) is 3.24 Å². The van der Waals surface area contributed by atoms with E-state index in [1.54, 1.807) is 10.6 Å². The van der Waals surface area contributed by atoms with Crippen LogP contribution in [0.4, 0.5) is 0 Å². The van der Waals surface area contributed by atoms with Crippen LogP contribution in [-0.2, 0) is 17.1 Å².